The molecule has 0 bridgehead atoms. The third-order valence-electron chi connectivity index (χ3n) is 3.54. The van der Waals surface area contributed by atoms with Crippen molar-refractivity contribution in [2.75, 3.05) is 5.32 Å². The lowest BCUT2D eigenvalue weighted by atomic mass is 9.93. The van der Waals surface area contributed by atoms with Crippen molar-refractivity contribution in [3.63, 3.8) is 0 Å². The van der Waals surface area contributed by atoms with Crippen LogP contribution in [0, 0.1) is 0 Å². The van der Waals surface area contributed by atoms with E-state index in [1.807, 2.05) is 30.3 Å². The van der Waals surface area contributed by atoms with Crippen LogP contribution in [0.4, 0.5) is 5.69 Å². The van der Waals surface area contributed by atoms with E-state index in [2.05, 4.69) is 5.32 Å². The highest BCUT2D eigenvalue weighted by atomic mass is 16.5. The molecule has 104 valence electrons. The molecule has 4 heteroatoms. The largest absolute Gasteiger partial charge is 0.364 e. The second-order valence-corrected chi connectivity index (χ2v) is 5.12. The van der Waals surface area contributed by atoms with Crippen LogP contribution in [-0.4, -0.2) is 24.2 Å². The summed E-state index contributed by atoms with van der Waals surface area (Å²) in [4.78, 5) is 12.0. The average Bonchev–Trinajstić information content (AvgIpc) is 2.42. The first-order chi connectivity index (χ1) is 9.16. The molecule has 1 saturated carbocycles. The minimum absolute atomic E-state index is 0.00488. The van der Waals surface area contributed by atoms with E-state index in [0.29, 0.717) is 0 Å². The maximum absolute atomic E-state index is 12.0. The molecule has 1 amide bonds. The molecule has 1 aromatic rings. The lowest BCUT2D eigenvalue weighted by molar-refractivity contribution is -0.131. The first kappa shape index (κ1) is 14.0. The number of rotatable bonds is 4. The van der Waals surface area contributed by atoms with Crippen molar-refractivity contribution in [1.29, 1.82) is 0 Å². The quantitative estimate of drug-likeness (QED) is 0.875. The number of nitrogens with two attached hydrogens (primary N) is 1. The van der Waals surface area contributed by atoms with Crippen molar-refractivity contribution in [2.45, 2.75) is 50.9 Å². The van der Waals surface area contributed by atoms with Crippen molar-refractivity contribution >= 4 is 11.6 Å². The molecule has 1 aliphatic rings. The zero-order valence-corrected chi connectivity index (χ0v) is 11.3. The fourth-order valence-electron chi connectivity index (χ4n) is 2.38. The van der Waals surface area contributed by atoms with Crippen LogP contribution in [0.1, 0.15) is 32.6 Å². The summed E-state index contributed by atoms with van der Waals surface area (Å²) in [5.74, 6) is -0.121. The third-order valence-corrected chi connectivity index (χ3v) is 3.54. The van der Waals surface area contributed by atoms with Gasteiger partial charge in [-0.1, -0.05) is 31.0 Å². The zero-order chi connectivity index (χ0) is 13.7. The van der Waals surface area contributed by atoms with Crippen molar-refractivity contribution in [3.05, 3.63) is 30.3 Å². The summed E-state index contributed by atoms with van der Waals surface area (Å²) >= 11 is 0. The molecule has 0 radical (unpaired) electrons. The van der Waals surface area contributed by atoms with Crippen molar-refractivity contribution < 1.29 is 9.53 Å². The molecule has 3 atom stereocenters. The van der Waals surface area contributed by atoms with Gasteiger partial charge in [-0.2, -0.15) is 0 Å². The number of benzene rings is 1. The Labute approximate surface area is 114 Å². The van der Waals surface area contributed by atoms with Gasteiger partial charge < -0.3 is 15.8 Å². The number of nitrogens with one attached hydrogen (secondary N) is 1. The summed E-state index contributed by atoms with van der Waals surface area (Å²) in [6, 6.07) is 9.46. The number of hydrogen-bond donors (Lipinski definition) is 2. The zero-order valence-electron chi connectivity index (χ0n) is 11.3. The summed E-state index contributed by atoms with van der Waals surface area (Å²) in [5, 5.41) is 2.84. The van der Waals surface area contributed by atoms with Crippen LogP contribution in [0.3, 0.4) is 0 Å². The molecule has 0 spiro atoms. The van der Waals surface area contributed by atoms with E-state index in [-0.39, 0.29) is 18.1 Å². The summed E-state index contributed by atoms with van der Waals surface area (Å²) < 4.78 is 5.80. The molecule has 3 N–H and O–H groups in total. The highest BCUT2D eigenvalue weighted by molar-refractivity contribution is 5.93. The van der Waals surface area contributed by atoms with Gasteiger partial charge in [0.1, 0.15) is 6.10 Å². The van der Waals surface area contributed by atoms with Crippen molar-refractivity contribution in [3.8, 4) is 0 Å². The highest BCUT2D eigenvalue weighted by Crippen LogP contribution is 2.21. The molecular weight excluding hydrogens is 240 g/mol. The Balaban J connectivity index is 1.85. The predicted octanol–water partition coefficient (Wildman–Crippen LogP) is 2.30. The molecule has 1 aromatic carbocycles. The molecule has 3 unspecified atom stereocenters. The van der Waals surface area contributed by atoms with E-state index in [4.69, 9.17) is 10.5 Å². The molecule has 2 rings (SSSR count). The maximum atomic E-state index is 12.0. The van der Waals surface area contributed by atoms with Crippen molar-refractivity contribution in [1.82, 2.24) is 0 Å². The second-order valence-electron chi connectivity index (χ2n) is 5.12. The third kappa shape index (κ3) is 4.04. The van der Waals surface area contributed by atoms with Crippen LogP contribution in [0.2, 0.25) is 0 Å². The van der Waals surface area contributed by atoms with E-state index in [1.165, 1.54) is 0 Å². The topological polar surface area (TPSA) is 64.3 Å². The number of anilines is 1. The van der Waals surface area contributed by atoms with Gasteiger partial charge in [0.05, 0.1) is 6.10 Å². The second kappa shape index (κ2) is 6.68. The summed E-state index contributed by atoms with van der Waals surface area (Å²) in [5.41, 5.74) is 6.81. The number of amides is 1. The lowest BCUT2D eigenvalue weighted by Gasteiger charge is -2.30. The summed E-state index contributed by atoms with van der Waals surface area (Å²) in [6.07, 6.45) is 3.75. The van der Waals surface area contributed by atoms with Gasteiger partial charge in [-0.3, -0.25) is 4.79 Å². The van der Waals surface area contributed by atoms with Gasteiger partial charge in [-0.25, -0.2) is 0 Å². The van der Waals surface area contributed by atoms with E-state index < -0.39 is 6.10 Å². The normalized spacial score (nSPS) is 24.7. The van der Waals surface area contributed by atoms with Gasteiger partial charge >= 0.3 is 0 Å². The number of carbonyl (C=O) groups excluding carboxylic acids is 1. The van der Waals surface area contributed by atoms with Crippen LogP contribution in [0.15, 0.2) is 30.3 Å². The molecule has 19 heavy (non-hydrogen) atoms. The van der Waals surface area contributed by atoms with Gasteiger partial charge in [-0.05, 0) is 31.9 Å². The predicted molar refractivity (Wildman–Crippen MR) is 75.9 cm³/mol. The van der Waals surface area contributed by atoms with Gasteiger partial charge in [0.2, 0.25) is 0 Å². The van der Waals surface area contributed by atoms with E-state index in [1.54, 1.807) is 6.92 Å². The van der Waals surface area contributed by atoms with Crippen LogP contribution in [0.25, 0.3) is 0 Å². The maximum Gasteiger partial charge on any atom is 0.253 e. The molecule has 1 fully saturated rings. The number of hydrogen-bond acceptors (Lipinski definition) is 3. The molecule has 0 aliphatic heterocycles. The van der Waals surface area contributed by atoms with E-state index in [0.717, 1.165) is 31.4 Å². The van der Waals surface area contributed by atoms with E-state index in [9.17, 15) is 4.79 Å². The smallest absolute Gasteiger partial charge is 0.253 e. The molecule has 4 nitrogen and oxygen atoms in total. The summed E-state index contributed by atoms with van der Waals surface area (Å²) in [7, 11) is 0. The highest BCUT2D eigenvalue weighted by Gasteiger charge is 2.26. The monoisotopic (exact) mass is 262 g/mol. The Morgan fingerprint density at radius 1 is 1.32 bits per heavy atom. The lowest BCUT2D eigenvalue weighted by Crippen LogP contribution is -2.43. The number of carbonyl (C=O) groups is 1. The molecule has 1 aliphatic carbocycles. The van der Waals surface area contributed by atoms with Crippen LogP contribution in [0.5, 0.6) is 0 Å². The standard InChI is InChI=1S/C15H22N2O2/c1-11(19-14-10-6-5-9-13(14)16)15(18)17-12-7-3-2-4-8-12/h2-4,7-8,11,13-14H,5-6,9-10,16H2,1H3,(H,17,18). The fourth-order valence-corrected chi connectivity index (χ4v) is 2.38. The Morgan fingerprint density at radius 2 is 2.00 bits per heavy atom. The number of ether oxygens (including phenoxy) is 1. The van der Waals surface area contributed by atoms with Crippen LogP contribution in [-0.2, 0) is 9.53 Å². The van der Waals surface area contributed by atoms with Crippen LogP contribution >= 0.6 is 0 Å². The first-order valence-corrected chi connectivity index (χ1v) is 6.94. The Bertz CT molecular complexity index is 408. The Hall–Kier alpha value is -1.39. The number of para-hydroxylation sites is 1. The van der Waals surface area contributed by atoms with Gasteiger partial charge in [0.15, 0.2) is 0 Å². The van der Waals surface area contributed by atoms with Crippen molar-refractivity contribution in [2.24, 2.45) is 5.73 Å². The van der Waals surface area contributed by atoms with E-state index >= 15 is 0 Å². The molecule has 0 heterocycles. The minimum atomic E-state index is -0.477. The first-order valence-electron chi connectivity index (χ1n) is 6.94. The SMILES string of the molecule is CC(OC1CCCCC1N)C(=O)Nc1ccccc1. The average molecular weight is 262 g/mol. The van der Waals surface area contributed by atoms with Gasteiger partial charge in [0, 0.05) is 11.7 Å². The Morgan fingerprint density at radius 3 is 2.68 bits per heavy atom. The van der Waals surface area contributed by atoms with Gasteiger partial charge in [0.25, 0.3) is 5.91 Å². The van der Waals surface area contributed by atoms with Crippen LogP contribution < -0.4 is 11.1 Å². The van der Waals surface area contributed by atoms with Gasteiger partial charge in [-0.15, -0.1) is 0 Å². The minimum Gasteiger partial charge on any atom is -0.364 e. The molecule has 0 aromatic heterocycles. The molecular formula is C15H22N2O2. The molecule has 0 saturated heterocycles. The summed E-state index contributed by atoms with van der Waals surface area (Å²) in [6.45, 7) is 1.78. The Kier molecular flexibility index (Phi) is 4.93. The fraction of sp³-hybridized carbons (Fsp3) is 0.533.